The molecule has 0 bridgehead atoms. The molecule has 0 aliphatic heterocycles. The summed E-state index contributed by atoms with van der Waals surface area (Å²) in [6, 6.07) is 0. The Hall–Kier alpha value is 0.430. The molecule has 0 amide bonds. The largest absolute Gasteiger partial charge is 0.0925 e. The number of rotatable bonds is 5. The maximum atomic E-state index is 2.45. The van der Waals surface area contributed by atoms with E-state index in [1.165, 1.54) is 12.8 Å². The van der Waals surface area contributed by atoms with Crippen LogP contribution in [0.3, 0.4) is 0 Å². The third kappa shape index (κ3) is 3.23. The van der Waals surface area contributed by atoms with Gasteiger partial charge in [-0.05, 0) is 28.8 Å². The number of hydrogen-bond acceptors (Lipinski definition) is 0. The first kappa shape index (κ1) is 14.4. The van der Waals surface area contributed by atoms with Crippen molar-refractivity contribution in [1.82, 2.24) is 0 Å². The lowest BCUT2D eigenvalue weighted by Crippen LogP contribution is -2.32. The lowest BCUT2D eigenvalue weighted by molar-refractivity contribution is 0.594. The second-order valence-corrected chi connectivity index (χ2v) is 9.99. The van der Waals surface area contributed by atoms with Crippen molar-refractivity contribution in [3.63, 3.8) is 0 Å². The summed E-state index contributed by atoms with van der Waals surface area (Å²) in [7, 11) is 0.0936. The van der Waals surface area contributed by atoms with Crippen LogP contribution in [0.25, 0.3) is 0 Å². The minimum Gasteiger partial charge on any atom is -0.0925 e. The Morgan fingerprint density at radius 2 is 1.14 bits per heavy atom. The molecule has 0 aromatic rings. The molecule has 0 unspecified atom stereocenters. The van der Waals surface area contributed by atoms with Crippen LogP contribution in [0, 0.1) is 0 Å². The standard InChI is InChI=1S/C13H29P/c1-9-12(5,6)14(11(3)4)13(7,8)10-2/h11H,9-10H2,1-8H3. The van der Waals surface area contributed by atoms with Crippen molar-refractivity contribution in [2.24, 2.45) is 0 Å². The van der Waals surface area contributed by atoms with E-state index >= 15 is 0 Å². The van der Waals surface area contributed by atoms with Gasteiger partial charge < -0.3 is 0 Å². The molecule has 0 aliphatic carbocycles. The van der Waals surface area contributed by atoms with Crippen molar-refractivity contribution < 1.29 is 0 Å². The molecule has 1 heteroatoms. The molecule has 0 aliphatic rings. The second-order valence-electron chi connectivity index (χ2n) is 5.80. The average Bonchev–Trinajstić information content (AvgIpc) is 2.02. The van der Waals surface area contributed by atoms with E-state index in [-0.39, 0.29) is 7.92 Å². The smallest absolute Gasteiger partial charge is 0.0147 e. The molecule has 0 saturated carbocycles. The van der Waals surface area contributed by atoms with Crippen LogP contribution < -0.4 is 0 Å². The first-order chi connectivity index (χ1) is 6.19. The topological polar surface area (TPSA) is 0 Å². The van der Waals surface area contributed by atoms with Crippen LogP contribution in [-0.2, 0) is 0 Å². The molecule has 0 fully saturated rings. The summed E-state index contributed by atoms with van der Waals surface area (Å²) in [5.41, 5.74) is 0.842. The molecule has 0 radical (unpaired) electrons. The summed E-state index contributed by atoms with van der Waals surface area (Å²) in [4.78, 5) is 0. The highest BCUT2D eigenvalue weighted by Gasteiger charge is 2.39. The van der Waals surface area contributed by atoms with E-state index in [9.17, 15) is 0 Å². The van der Waals surface area contributed by atoms with Crippen molar-refractivity contribution in [3.05, 3.63) is 0 Å². The first-order valence-electron chi connectivity index (χ1n) is 5.98. The van der Waals surface area contributed by atoms with Gasteiger partial charge in [0.15, 0.2) is 0 Å². The molecule has 0 aromatic carbocycles. The van der Waals surface area contributed by atoms with Gasteiger partial charge in [0.05, 0.1) is 0 Å². The SMILES string of the molecule is CCC(C)(C)P(C(C)C)C(C)(C)CC. The van der Waals surface area contributed by atoms with Crippen molar-refractivity contribution in [2.45, 2.75) is 84.2 Å². The van der Waals surface area contributed by atoms with Crippen molar-refractivity contribution in [1.29, 1.82) is 0 Å². The van der Waals surface area contributed by atoms with Crippen LogP contribution in [0.1, 0.15) is 68.2 Å². The van der Waals surface area contributed by atoms with E-state index in [1.807, 2.05) is 0 Å². The van der Waals surface area contributed by atoms with E-state index < -0.39 is 0 Å². The molecule has 0 N–H and O–H groups in total. The molecule has 0 spiro atoms. The highest BCUT2D eigenvalue weighted by Crippen LogP contribution is 2.64. The highest BCUT2D eigenvalue weighted by atomic mass is 31.1. The molecule has 0 rings (SSSR count). The molecule has 0 heterocycles. The molecule has 86 valence electrons. The van der Waals surface area contributed by atoms with Gasteiger partial charge in [0, 0.05) is 0 Å². The lowest BCUT2D eigenvalue weighted by Gasteiger charge is -2.47. The molecular weight excluding hydrogens is 187 g/mol. The molecule has 0 aromatic heterocycles. The van der Waals surface area contributed by atoms with E-state index in [1.54, 1.807) is 0 Å². The summed E-state index contributed by atoms with van der Waals surface area (Å²) in [6.45, 7) is 19.3. The van der Waals surface area contributed by atoms with Crippen LogP contribution in [0.15, 0.2) is 0 Å². The zero-order chi connectivity index (χ0) is 11.6. The Kier molecular flexibility index (Phi) is 5.12. The fourth-order valence-corrected chi connectivity index (χ4v) is 7.67. The third-order valence-electron chi connectivity index (χ3n) is 3.55. The van der Waals surface area contributed by atoms with E-state index in [0.717, 1.165) is 5.66 Å². The normalized spacial score (nSPS) is 14.1. The van der Waals surface area contributed by atoms with Crippen LogP contribution in [-0.4, -0.2) is 16.0 Å². The van der Waals surface area contributed by atoms with Gasteiger partial charge in [0.2, 0.25) is 0 Å². The number of hydrogen-bond donors (Lipinski definition) is 0. The molecular formula is C13H29P. The Balaban J connectivity index is 4.96. The Labute approximate surface area is 92.6 Å². The summed E-state index contributed by atoms with van der Waals surface area (Å²) in [6.07, 6.45) is 2.61. The molecule has 0 nitrogen and oxygen atoms in total. The van der Waals surface area contributed by atoms with Gasteiger partial charge >= 0.3 is 0 Å². The monoisotopic (exact) mass is 216 g/mol. The van der Waals surface area contributed by atoms with Crippen LogP contribution in [0.5, 0.6) is 0 Å². The predicted octanol–water partition coefficient (Wildman–Crippen LogP) is 5.25. The van der Waals surface area contributed by atoms with Gasteiger partial charge in [0.1, 0.15) is 0 Å². The van der Waals surface area contributed by atoms with Gasteiger partial charge in [0.25, 0.3) is 0 Å². The van der Waals surface area contributed by atoms with Crippen LogP contribution in [0.4, 0.5) is 0 Å². The molecule has 14 heavy (non-hydrogen) atoms. The predicted molar refractivity (Wildman–Crippen MR) is 70.8 cm³/mol. The minimum absolute atomic E-state index is 0.0936. The molecule has 0 saturated heterocycles. The van der Waals surface area contributed by atoms with Gasteiger partial charge in [-0.15, -0.1) is 0 Å². The Bertz CT molecular complexity index is 152. The fourth-order valence-electron chi connectivity index (χ4n) is 2.56. The summed E-state index contributed by atoms with van der Waals surface area (Å²) < 4.78 is 0. The van der Waals surface area contributed by atoms with Crippen molar-refractivity contribution >= 4 is 7.92 Å². The maximum Gasteiger partial charge on any atom is -0.0147 e. The first-order valence-corrected chi connectivity index (χ1v) is 7.39. The Morgan fingerprint density at radius 3 is 1.29 bits per heavy atom. The van der Waals surface area contributed by atoms with E-state index in [0.29, 0.717) is 10.3 Å². The van der Waals surface area contributed by atoms with Gasteiger partial charge in [-0.1, -0.05) is 63.3 Å². The van der Waals surface area contributed by atoms with Gasteiger partial charge in [-0.3, -0.25) is 0 Å². The average molecular weight is 216 g/mol. The highest BCUT2D eigenvalue weighted by molar-refractivity contribution is 7.61. The fraction of sp³-hybridized carbons (Fsp3) is 1.00. The van der Waals surface area contributed by atoms with Crippen molar-refractivity contribution in [2.75, 3.05) is 0 Å². The lowest BCUT2D eigenvalue weighted by atomic mass is 10.1. The summed E-state index contributed by atoms with van der Waals surface area (Å²) >= 11 is 0. The van der Waals surface area contributed by atoms with Crippen LogP contribution in [0.2, 0.25) is 0 Å². The minimum atomic E-state index is 0.0936. The summed E-state index contributed by atoms with van der Waals surface area (Å²) in [5, 5.41) is 1.06. The van der Waals surface area contributed by atoms with Gasteiger partial charge in [-0.25, -0.2) is 0 Å². The third-order valence-corrected chi connectivity index (χ3v) is 7.82. The Morgan fingerprint density at radius 1 is 0.857 bits per heavy atom. The zero-order valence-corrected chi connectivity index (χ0v) is 12.3. The summed E-state index contributed by atoms with van der Waals surface area (Å²) in [5.74, 6) is 0. The van der Waals surface area contributed by atoms with Crippen molar-refractivity contribution in [3.8, 4) is 0 Å². The maximum absolute atomic E-state index is 2.45. The van der Waals surface area contributed by atoms with E-state index in [4.69, 9.17) is 0 Å². The van der Waals surface area contributed by atoms with Gasteiger partial charge in [-0.2, -0.15) is 0 Å². The molecule has 0 atom stereocenters. The zero-order valence-electron chi connectivity index (χ0n) is 11.4. The van der Waals surface area contributed by atoms with E-state index in [2.05, 4.69) is 55.4 Å². The van der Waals surface area contributed by atoms with Crippen LogP contribution >= 0.6 is 7.92 Å². The second kappa shape index (κ2) is 4.97. The quantitative estimate of drug-likeness (QED) is 0.550.